The number of imidazole rings is 1. The minimum atomic E-state index is -0.296. The highest BCUT2D eigenvalue weighted by molar-refractivity contribution is 7.99. The molecule has 0 aliphatic rings. The number of nitrogens with two attached hydrogens (primary N) is 1. The Kier molecular flexibility index (Phi) is 4.38. The van der Waals surface area contributed by atoms with Crippen molar-refractivity contribution in [2.24, 2.45) is 5.73 Å². The molecule has 98 valence electrons. The summed E-state index contributed by atoms with van der Waals surface area (Å²) in [4.78, 5) is 11.2. The van der Waals surface area contributed by atoms with Crippen LogP contribution in [0.3, 0.4) is 0 Å². The molecule has 7 heteroatoms. The summed E-state index contributed by atoms with van der Waals surface area (Å²) in [6.07, 6.45) is 3.98. The van der Waals surface area contributed by atoms with E-state index in [4.69, 9.17) is 10.3 Å². The topological polar surface area (TPSA) is 93.6 Å². The van der Waals surface area contributed by atoms with Crippen molar-refractivity contribution in [3.8, 4) is 0 Å². The fourth-order valence-corrected chi connectivity index (χ4v) is 2.04. The van der Waals surface area contributed by atoms with E-state index in [2.05, 4.69) is 34.0 Å². The van der Waals surface area contributed by atoms with Gasteiger partial charge in [-0.2, -0.15) is 16.7 Å². The van der Waals surface area contributed by atoms with Crippen LogP contribution in [-0.4, -0.2) is 25.4 Å². The Morgan fingerprint density at radius 2 is 2.33 bits per heavy atom. The summed E-state index contributed by atoms with van der Waals surface area (Å²) in [5.74, 6) is 1.92. The molecule has 0 bridgehead atoms. The number of aromatic nitrogens is 4. The molecule has 2 heterocycles. The van der Waals surface area contributed by atoms with Crippen molar-refractivity contribution in [3.63, 3.8) is 0 Å². The van der Waals surface area contributed by atoms with Crippen LogP contribution in [0.15, 0.2) is 17.0 Å². The largest absolute Gasteiger partial charge is 0.348 e. The molecule has 0 aliphatic carbocycles. The number of rotatable bonds is 6. The summed E-state index contributed by atoms with van der Waals surface area (Å²) in [6, 6.07) is -0.296. The summed E-state index contributed by atoms with van der Waals surface area (Å²) in [6.45, 7) is 4.27. The van der Waals surface area contributed by atoms with E-state index in [0.29, 0.717) is 23.4 Å². The number of nitrogens with one attached hydrogen (secondary N) is 1. The van der Waals surface area contributed by atoms with Gasteiger partial charge >= 0.3 is 0 Å². The Balaban J connectivity index is 1.92. The fourth-order valence-electron chi connectivity index (χ4n) is 1.44. The zero-order valence-corrected chi connectivity index (χ0v) is 11.3. The molecule has 0 aliphatic heterocycles. The van der Waals surface area contributed by atoms with Crippen LogP contribution in [-0.2, 0) is 12.2 Å². The quantitative estimate of drug-likeness (QED) is 0.827. The van der Waals surface area contributed by atoms with Gasteiger partial charge in [0.15, 0.2) is 5.82 Å². The van der Waals surface area contributed by atoms with Gasteiger partial charge in [-0.15, -0.1) is 0 Å². The van der Waals surface area contributed by atoms with Crippen LogP contribution in [0.5, 0.6) is 0 Å². The smallest absolute Gasteiger partial charge is 0.243 e. The van der Waals surface area contributed by atoms with Crippen LogP contribution in [0.4, 0.5) is 0 Å². The minimum absolute atomic E-state index is 0.296. The van der Waals surface area contributed by atoms with Crippen LogP contribution in [0, 0.1) is 0 Å². The molecule has 0 saturated heterocycles. The molecule has 0 aromatic carbocycles. The van der Waals surface area contributed by atoms with Gasteiger partial charge in [0.2, 0.25) is 5.89 Å². The molecular weight excluding hydrogens is 250 g/mol. The van der Waals surface area contributed by atoms with Crippen molar-refractivity contribution in [2.75, 3.05) is 0 Å². The van der Waals surface area contributed by atoms with Gasteiger partial charge in [-0.3, -0.25) is 0 Å². The maximum atomic E-state index is 6.00. The molecule has 0 radical (unpaired) electrons. The lowest BCUT2D eigenvalue weighted by Crippen LogP contribution is -2.14. The van der Waals surface area contributed by atoms with E-state index in [0.717, 1.165) is 11.4 Å². The van der Waals surface area contributed by atoms with E-state index in [-0.39, 0.29) is 6.04 Å². The Labute approximate surface area is 110 Å². The number of thioether (sulfide) groups is 1. The second kappa shape index (κ2) is 6.01. The minimum Gasteiger partial charge on any atom is -0.348 e. The predicted octanol–water partition coefficient (Wildman–Crippen LogP) is 1.68. The second-order valence-corrected chi connectivity index (χ2v) is 5.86. The number of hydrogen-bond donors (Lipinski definition) is 2. The van der Waals surface area contributed by atoms with Gasteiger partial charge in [0, 0.05) is 18.3 Å². The zero-order valence-electron chi connectivity index (χ0n) is 10.5. The molecule has 0 saturated carbocycles. The summed E-state index contributed by atoms with van der Waals surface area (Å²) in [7, 11) is 0. The lowest BCUT2D eigenvalue weighted by molar-refractivity contribution is 0.350. The van der Waals surface area contributed by atoms with Crippen molar-refractivity contribution in [3.05, 3.63) is 29.9 Å². The first-order chi connectivity index (χ1) is 8.65. The molecule has 0 spiro atoms. The summed E-state index contributed by atoms with van der Waals surface area (Å²) in [5, 5.41) is 4.47. The van der Waals surface area contributed by atoms with Gasteiger partial charge in [0.25, 0.3) is 0 Å². The van der Waals surface area contributed by atoms with E-state index < -0.39 is 0 Å². The monoisotopic (exact) mass is 267 g/mol. The number of aromatic amines is 1. The van der Waals surface area contributed by atoms with Crippen LogP contribution in [0.2, 0.25) is 0 Å². The maximum Gasteiger partial charge on any atom is 0.243 e. The SMILES string of the molecule is CC(C)SCc1noc([C@H](N)Cc2cnc[nH]2)n1. The molecule has 3 N–H and O–H groups in total. The van der Waals surface area contributed by atoms with Crippen molar-refractivity contribution in [2.45, 2.75) is 37.3 Å². The highest BCUT2D eigenvalue weighted by Gasteiger charge is 2.16. The third kappa shape index (κ3) is 3.58. The van der Waals surface area contributed by atoms with Gasteiger partial charge in [0.1, 0.15) is 0 Å². The first-order valence-electron chi connectivity index (χ1n) is 5.82. The van der Waals surface area contributed by atoms with Crippen molar-refractivity contribution >= 4 is 11.8 Å². The first kappa shape index (κ1) is 13.1. The normalized spacial score (nSPS) is 13.1. The second-order valence-electron chi connectivity index (χ2n) is 4.30. The average molecular weight is 267 g/mol. The van der Waals surface area contributed by atoms with Crippen molar-refractivity contribution < 1.29 is 4.52 Å². The molecule has 2 aromatic rings. The summed E-state index contributed by atoms with van der Waals surface area (Å²) < 4.78 is 5.17. The standard InChI is InChI=1S/C11H17N5OS/c1-7(2)18-5-10-15-11(17-16-10)9(12)3-8-4-13-6-14-8/h4,6-7,9H,3,5,12H2,1-2H3,(H,13,14)/t9-/m1/s1. The average Bonchev–Trinajstić information content (AvgIpc) is 2.96. The third-order valence-electron chi connectivity index (χ3n) is 2.34. The van der Waals surface area contributed by atoms with Crippen LogP contribution >= 0.6 is 11.8 Å². The molecule has 2 aromatic heterocycles. The number of hydrogen-bond acceptors (Lipinski definition) is 6. The van der Waals surface area contributed by atoms with Gasteiger partial charge in [-0.25, -0.2) is 4.98 Å². The van der Waals surface area contributed by atoms with Gasteiger partial charge < -0.3 is 15.2 Å². The van der Waals surface area contributed by atoms with Crippen LogP contribution in [0.1, 0.15) is 37.3 Å². The Hall–Kier alpha value is -1.34. The third-order valence-corrected chi connectivity index (χ3v) is 3.43. The van der Waals surface area contributed by atoms with Crippen LogP contribution < -0.4 is 5.73 Å². The molecule has 0 fully saturated rings. The Bertz CT molecular complexity index is 467. The van der Waals surface area contributed by atoms with Crippen molar-refractivity contribution in [1.29, 1.82) is 0 Å². The highest BCUT2D eigenvalue weighted by Crippen LogP contribution is 2.17. The van der Waals surface area contributed by atoms with Crippen molar-refractivity contribution in [1.82, 2.24) is 20.1 Å². The predicted molar refractivity (Wildman–Crippen MR) is 69.9 cm³/mol. The zero-order chi connectivity index (χ0) is 13.0. The number of H-pyrrole nitrogens is 1. The molecule has 6 nitrogen and oxygen atoms in total. The van der Waals surface area contributed by atoms with E-state index in [1.165, 1.54) is 0 Å². The maximum absolute atomic E-state index is 6.00. The number of nitrogens with zero attached hydrogens (tertiary/aromatic N) is 3. The highest BCUT2D eigenvalue weighted by atomic mass is 32.2. The fraction of sp³-hybridized carbons (Fsp3) is 0.545. The molecule has 2 rings (SSSR count). The molecule has 0 unspecified atom stereocenters. The molecule has 18 heavy (non-hydrogen) atoms. The Morgan fingerprint density at radius 1 is 1.50 bits per heavy atom. The first-order valence-corrected chi connectivity index (χ1v) is 6.87. The molecule has 0 amide bonds. The Morgan fingerprint density at radius 3 is 3.00 bits per heavy atom. The van der Waals surface area contributed by atoms with Gasteiger partial charge in [-0.1, -0.05) is 19.0 Å². The summed E-state index contributed by atoms with van der Waals surface area (Å²) in [5.41, 5.74) is 6.96. The lowest BCUT2D eigenvalue weighted by atomic mass is 10.2. The molecular formula is C11H17N5OS. The van der Waals surface area contributed by atoms with Gasteiger partial charge in [-0.05, 0) is 5.25 Å². The molecule has 1 atom stereocenters. The summed E-state index contributed by atoms with van der Waals surface area (Å²) >= 11 is 1.77. The van der Waals surface area contributed by atoms with Crippen LogP contribution in [0.25, 0.3) is 0 Å². The lowest BCUT2D eigenvalue weighted by Gasteiger charge is -2.03. The van der Waals surface area contributed by atoms with E-state index in [1.807, 2.05) is 0 Å². The van der Waals surface area contributed by atoms with E-state index in [1.54, 1.807) is 24.3 Å². The van der Waals surface area contributed by atoms with E-state index >= 15 is 0 Å². The van der Waals surface area contributed by atoms with Gasteiger partial charge in [0.05, 0.1) is 18.1 Å². The van der Waals surface area contributed by atoms with E-state index in [9.17, 15) is 0 Å².